The lowest BCUT2D eigenvalue weighted by Gasteiger charge is -2.20. The summed E-state index contributed by atoms with van der Waals surface area (Å²) in [6.45, 7) is 4.03. The Hall–Kier alpha value is -1.80. The van der Waals surface area contributed by atoms with Gasteiger partial charge in [0.05, 0.1) is 6.04 Å². The Morgan fingerprint density at radius 1 is 1.14 bits per heavy atom. The molecule has 0 aliphatic heterocycles. The Kier molecular flexibility index (Phi) is 4.21. The van der Waals surface area contributed by atoms with Crippen molar-refractivity contribution in [3.05, 3.63) is 69.7 Å². The molecule has 0 heterocycles. The third-order valence-electron chi connectivity index (χ3n) is 4.46. The van der Waals surface area contributed by atoms with E-state index in [4.69, 9.17) is 11.6 Å². The van der Waals surface area contributed by atoms with Crippen LogP contribution in [0.3, 0.4) is 0 Å². The molecule has 0 aromatic heterocycles. The Morgan fingerprint density at radius 2 is 1.82 bits per heavy atom. The average Bonchev–Trinajstić information content (AvgIpc) is 3.33. The number of aryl methyl sites for hydroxylation is 1. The minimum absolute atomic E-state index is 0.00745. The number of hydrogen-bond donors (Lipinski definition) is 1. The number of hydrogen-bond acceptors (Lipinski definition) is 1. The summed E-state index contributed by atoms with van der Waals surface area (Å²) in [5.74, 6) is 0.545. The molecule has 1 atom stereocenters. The largest absolute Gasteiger partial charge is 0.345 e. The summed E-state index contributed by atoms with van der Waals surface area (Å²) in [5, 5.41) is 3.94. The van der Waals surface area contributed by atoms with Crippen molar-refractivity contribution in [3.63, 3.8) is 0 Å². The van der Waals surface area contributed by atoms with E-state index in [1.54, 1.807) is 0 Å². The van der Waals surface area contributed by atoms with Crippen LogP contribution in [0.25, 0.3) is 0 Å². The van der Waals surface area contributed by atoms with E-state index in [9.17, 15) is 4.79 Å². The Labute approximate surface area is 136 Å². The monoisotopic (exact) mass is 313 g/mol. The topological polar surface area (TPSA) is 29.1 Å². The van der Waals surface area contributed by atoms with Gasteiger partial charge in [-0.2, -0.15) is 0 Å². The van der Waals surface area contributed by atoms with E-state index in [1.807, 2.05) is 56.3 Å². The molecule has 3 rings (SSSR count). The molecule has 1 aliphatic carbocycles. The highest BCUT2D eigenvalue weighted by atomic mass is 35.5. The molecular weight excluding hydrogens is 294 g/mol. The second-order valence-electron chi connectivity index (χ2n) is 6.09. The predicted molar refractivity (Wildman–Crippen MR) is 90.3 cm³/mol. The van der Waals surface area contributed by atoms with Gasteiger partial charge in [0.2, 0.25) is 0 Å². The van der Waals surface area contributed by atoms with Gasteiger partial charge in [-0.25, -0.2) is 0 Å². The van der Waals surface area contributed by atoms with Crippen molar-refractivity contribution in [2.75, 3.05) is 0 Å². The van der Waals surface area contributed by atoms with Crippen LogP contribution in [0.2, 0.25) is 5.02 Å². The molecule has 0 radical (unpaired) electrons. The molecular formula is C19H20ClNO. The lowest BCUT2D eigenvalue weighted by molar-refractivity contribution is 0.0931. The molecule has 0 spiro atoms. The molecule has 0 saturated heterocycles. The second kappa shape index (κ2) is 6.13. The van der Waals surface area contributed by atoms with Gasteiger partial charge in [0.25, 0.3) is 5.91 Å². The SMILES string of the molecule is Cc1cccc(C(=O)NC(c2ccc(Cl)cc2)C2CC2)c1C. The highest BCUT2D eigenvalue weighted by Gasteiger charge is 2.33. The maximum absolute atomic E-state index is 12.7. The lowest BCUT2D eigenvalue weighted by Crippen LogP contribution is -2.30. The van der Waals surface area contributed by atoms with Crippen LogP contribution < -0.4 is 5.32 Å². The van der Waals surface area contributed by atoms with E-state index >= 15 is 0 Å². The number of benzene rings is 2. The van der Waals surface area contributed by atoms with Crippen LogP contribution in [0.5, 0.6) is 0 Å². The van der Waals surface area contributed by atoms with Crippen molar-refractivity contribution in [2.45, 2.75) is 32.7 Å². The van der Waals surface area contributed by atoms with Crippen LogP contribution in [0, 0.1) is 19.8 Å². The van der Waals surface area contributed by atoms with Crippen LogP contribution >= 0.6 is 11.6 Å². The number of carbonyl (C=O) groups excluding carboxylic acids is 1. The molecule has 1 fully saturated rings. The van der Waals surface area contributed by atoms with Gasteiger partial charge in [0.1, 0.15) is 0 Å². The average molecular weight is 314 g/mol. The van der Waals surface area contributed by atoms with E-state index < -0.39 is 0 Å². The Balaban J connectivity index is 1.83. The zero-order chi connectivity index (χ0) is 15.7. The van der Waals surface area contributed by atoms with Gasteiger partial charge >= 0.3 is 0 Å². The normalized spacial score (nSPS) is 15.4. The summed E-state index contributed by atoms with van der Waals surface area (Å²) >= 11 is 5.96. The fraction of sp³-hybridized carbons (Fsp3) is 0.316. The second-order valence-corrected chi connectivity index (χ2v) is 6.52. The number of carbonyl (C=O) groups is 1. The molecule has 114 valence electrons. The van der Waals surface area contributed by atoms with Crippen LogP contribution in [0.15, 0.2) is 42.5 Å². The summed E-state index contributed by atoms with van der Waals surface area (Å²) in [4.78, 5) is 12.7. The predicted octanol–water partition coefficient (Wildman–Crippen LogP) is 4.84. The molecule has 1 saturated carbocycles. The molecule has 2 aromatic rings. The molecule has 22 heavy (non-hydrogen) atoms. The molecule has 1 aliphatic rings. The number of amides is 1. The van der Waals surface area contributed by atoms with E-state index in [0.717, 1.165) is 27.3 Å². The minimum Gasteiger partial charge on any atom is -0.345 e. The van der Waals surface area contributed by atoms with Crippen molar-refractivity contribution < 1.29 is 4.79 Å². The maximum atomic E-state index is 12.7. The van der Waals surface area contributed by atoms with Gasteiger partial charge < -0.3 is 5.32 Å². The van der Waals surface area contributed by atoms with Crippen molar-refractivity contribution in [2.24, 2.45) is 5.92 Å². The van der Waals surface area contributed by atoms with E-state index in [2.05, 4.69) is 5.32 Å². The molecule has 3 heteroatoms. The van der Waals surface area contributed by atoms with Crippen LogP contribution in [-0.4, -0.2) is 5.91 Å². The first-order valence-corrected chi connectivity index (χ1v) is 8.06. The van der Waals surface area contributed by atoms with Crippen molar-refractivity contribution in [1.29, 1.82) is 0 Å². The summed E-state index contributed by atoms with van der Waals surface area (Å²) in [6.07, 6.45) is 2.33. The van der Waals surface area contributed by atoms with Gasteiger partial charge in [-0.1, -0.05) is 35.9 Å². The highest BCUT2D eigenvalue weighted by Crippen LogP contribution is 2.41. The van der Waals surface area contributed by atoms with Gasteiger partial charge in [-0.05, 0) is 67.5 Å². The fourth-order valence-electron chi connectivity index (χ4n) is 2.79. The van der Waals surface area contributed by atoms with E-state index in [1.165, 1.54) is 12.8 Å². The quantitative estimate of drug-likeness (QED) is 0.860. The Morgan fingerprint density at radius 3 is 2.45 bits per heavy atom. The summed E-state index contributed by atoms with van der Waals surface area (Å²) < 4.78 is 0. The van der Waals surface area contributed by atoms with Gasteiger partial charge in [0.15, 0.2) is 0 Å². The van der Waals surface area contributed by atoms with Gasteiger partial charge in [-0.3, -0.25) is 4.79 Å². The molecule has 1 N–H and O–H groups in total. The van der Waals surface area contributed by atoms with E-state index in [-0.39, 0.29) is 11.9 Å². The summed E-state index contributed by atoms with van der Waals surface area (Å²) in [7, 11) is 0. The van der Waals surface area contributed by atoms with Crippen molar-refractivity contribution in [1.82, 2.24) is 5.32 Å². The molecule has 0 bridgehead atoms. The standard InChI is InChI=1S/C19H20ClNO/c1-12-4-3-5-17(13(12)2)19(22)21-18(14-6-7-14)15-8-10-16(20)11-9-15/h3-5,8-11,14,18H,6-7H2,1-2H3,(H,21,22). The van der Waals surface area contributed by atoms with Crippen LogP contribution in [0.4, 0.5) is 0 Å². The summed E-state index contributed by atoms with van der Waals surface area (Å²) in [5.41, 5.74) is 4.08. The molecule has 2 aromatic carbocycles. The van der Waals surface area contributed by atoms with E-state index in [0.29, 0.717) is 5.92 Å². The first-order chi connectivity index (χ1) is 10.6. The lowest BCUT2D eigenvalue weighted by atomic mass is 9.99. The Bertz CT molecular complexity index is 689. The van der Waals surface area contributed by atoms with Crippen molar-refractivity contribution >= 4 is 17.5 Å². The maximum Gasteiger partial charge on any atom is 0.252 e. The third-order valence-corrected chi connectivity index (χ3v) is 4.71. The smallest absolute Gasteiger partial charge is 0.252 e. The number of nitrogens with one attached hydrogen (secondary N) is 1. The van der Waals surface area contributed by atoms with Crippen LogP contribution in [-0.2, 0) is 0 Å². The van der Waals surface area contributed by atoms with Gasteiger partial charge in [0, 0.05) is 10.6 Å². The third kappa shape index (κ3) is 3.17. The zero-order valence-corrected chi connectivity index (χ0v) is 13.7. The number of rotatable bonds is 4. The number of halogens is 1. The minimum atomic E-state index is 0.00745. The first-order valence-electron chi connectivity index (χ1n) is 7.69. The summed E-state index contributed by atoms with van der Waals surface area (Å²) in [6, 6.07) is 13.7. The molecule has 1 amide bonds. The van der Waals surface area contributed by atoms with Crippen LogP contribution in [0.1, 0.15) is 45.9 Å². The fourth-order valence-corrected chi connectivity index (χ4v) is 2.92. The van der Waals surface area contributed by atoms with Gasteiger partial charge in [-0.15, -0.1) is 0 Å². The molecule has 1 unspecified atom stereocenters. The van der Waals surface area contributed by atoms with Crippen molar-refractivity contribution in [3.8, 4) is 0 Å². The zero-order valence-electron chi connectivity index (χ0n) is 12.9. The molecule has 2 nitrogen and oxygen atoms in total. The first kappa shape index (κ1) is 15.1. The highest BCUT2D eigenvalue weighted by molar-refractivity contribution is 6.30.